The molecule has 31 heavy (non-hydrogen) atoms. The van der Waals surface area contributed by atoms with Gasteiger partial charge in [-0.3, -0.25) is 19.7 Å². The zero-order valence-electron chi connectivity index (χ0n) is 18.4. The smallest absolute Gasteiger partial charge is 0.229 e. The quantitative estimate of drug-likeness (QED) is 0.610. The van der Waals surface area contributed by atoms with Crippen molar-refractivity contribution >= 4 is 5.91 Å². The first-order valence-corrected chi connectivity index (χ1v) is 10.9. The summed E-state index contributed by atoms with van der Waals surface area (Å²) in [5.41, 5.74) is 4.13. The lowest BCUT2D eigenvalue weighted by atomic mass is 9.73. The predicted molar refractivity (Wildman–Crippen MR) is 123 cm³/mol. The number of likely N-dealkylation sites (tertiary alicyclic amines) is 1. The van der Waals surface area contributed by atoms with Crippen LogP contribution in [0.4, 0.5) is 0 Å². The van der Waals surface area contributed by atoms with Gasteiger partial charge in [0.2, 0.25) is 5.91 Å². The van der Waals surface area contributed by atoms with Gasteiger partial charge < -0.3 is 4.90 Å². The third-order valence-corrected chi connectivity index (χ3v) is 6.17. The van der Waals surface area contributed by atoms with E-state index in [4.69, 9.17) is 0 Å². The van der Waals surface area contributed by atoms with Crippen molar-refractivity contribution in [3.05, 3.63) is 84.4 Å². The van der Waals surface area contributed by atoms with E-state index in [1.165, 1.54) is 11.1 Å². The standard InChI is InChI=1S/C26H30N4O/c1-29(2)25(31)26(13-7-17-30(20-26)19-23-9-5-6-14-28-23)18-22-8-3-4-10-24(22)21-11-15-27-16-12-21/h3-6,8-12,14-16H,7,13,17-20H2,1-2H3/t26-/m1/s1. The molecule has 1 aliphatic rings. The highest BCUT2D eigenvalue weighted by Crippen LogP contribution is 2.38. The first-order valence-electron chi connectivity index (χ1n) is 10.9. The molecule has 5 nitrogen and oxygen atoms in total. The van der Waals surface area contributed by atoms with Crippen LogP contribution in [0.1, 0.15) is 24.1 Å². The monoisotopic (exact) mass is 414 g/mol. The second-order valence-corrected chi connectivity index (χ2v) is 8.69. The zero-order chi connectivity index (χ0) is 21.7. The topological polar surface area (TPSA) is 49.3 Å². The number of nitrogens with zero attached hydrogens (tertiary/aromatic N) is 4. The van der Waals surface area contributed by atoms with Gasteiger partial charge in [-0.2, -0.15) is 0 Å². The van der Waals surface area contributed by atoms with Crippen molar-refractivity contribution in [1.29, 1.82) is 0 Å². The van der Waals surface area contributed by atoms with E-state index in [0.29, 0.717) is 0 Å². The van der Waals surface area contributed by atoms with E-state index in [9.17, 15) is 4.79 Å². The molecule has 0 saturated carbocycles. The molecule has 0 radical (unpaired) electrons. The van der Waals surface area contributed by atoms with Gasteiger partial charge >= 0.3 is 0 Å². The van der Waals surface area contributed by atoms with Gasteiger partial charge in [-0.15, -0.1) is 0 Å². The molecule has 0 bridgehead atoms. The highest BCUT2D eigenvalue weighted by atomic mass is 16.2. The Hall–Kier alpha value is -3.05. The maximum atomic E-state index is 13.5. The number of aromatic nitrogens is 2. The van der Waals surface area contributed by atoms with Crippen molar-refractivity contribution in [1.82, 2.24) is 19.8 Å². The highest BCUT2D eigenvalue weighted by molar-refractivity contribution is 5.83. The van der Waals surface area contributed by atoms with E-state index in [1.807, 2.05) is 57.0 Å². The molecule has 4 rings (SSSR count). The molecule has 1 saturated heterocycles. The molecule has 1 amide bonds. The van der Waals surface area contributed by atoms with Crippen molar-refractivity contribution < 1.29 is 4.79 Å². The molecule has 160 valence electrons. The second-order valence-electron chi connectivity index (χ2n) is 8.69. The van der Waals surface area contributed by atoms with E-state index in [1.54, 1.807) is 4.90 Å². The van der Waals surface area contributed by atoms with Crippen LogP contribution >= 0.6 is 0 Å². The van der Waals surface area contributed by atoms with Gasteiger partial charge in [0.25, 0.3) is 0 Å². The first kappa shape index (κ1) is 21.2. The molecule has 5 heteroatoms. The number of piperidine rings is 1. The van der Waals surface area contributed by atoms with Gasteiger partial charge in [0, 0.05) is 45.8 Å². The first-order chi connectivity index (χ1) is 15.1. The van der Waals surface area contributed by atoms with Crippen LogP contribution < -0.4 is 0 Å². The summed E-state index contributed by atoms with van der Waals surface area (Å²) in [5.74, 6) is 0.211. The number of carbonyl (C=O) groups excluding carboxylic acids is 1. The maximum absolute atomic E-state index is 13.5. The van der Waals surface area contributed by atoms with Crippen molar-refractivity contribution in [2.75, 3.05) is 27.2 Å². The molecule has 2 aromatic heterocycles. The van der Waals surface area contributed by atoms with E-state index in [0.717, 1.165) is 50.2 Å². The number of hydrogen-bond acceptors (Lipinski definition) is 4. The fourth-order valence-corrected chi connectivity index (χ4v) is 4.80. The minimum atomic E-state index is -0.445. The van der Waals surface area contributed by atoms with Crippen LogP contribution in [0.25, 0.3) is 11.1 Å². The molecule has 1 aromatic carbocycles. The van der Waals surface area contributed by atoms with Crippen molar-refractivity contribution in [2.24, 2.45) is 5.41 Å². The lowest BCUT2D eigenvalue weighted by molar-refractivity contribution is -0.143. The van der Waals surface area contributed by atoms with E-state index in [-0.39, 0.29) is 5.91 Å². The lowest BCUT2D eigenvalue weighted by Gasteiger charge is -2.43. The SMILES string of the molecule is CN(C)C(=O)[C@@]1(Cc2ccccc2-c2ccncc2)CCCN(Cc2ccccn2)C1. The summed E-state index contributed by atoms with van der Waals surface area (Å²) in [5, 5.41) is 0. The lowest BCUT2D eigenvalue weighted by Crippen LogP contribution is -2.52. The Balaban J connectivity index is 1.66. The predicted octanol–water partition coefficient (Wildman–Crippen LogP) is 4.06. The Morgan fingerprint density at radius 3 is 2.55 bits per heavy atom. The third kappa shape index (κ3) is 4.83. The average Bonchev–Trinajstić information content (AvgIpc) is 2.80. The second kappa shape index (κ2) is 9.40. The molecule has 1 atom stereocenters. The molecule has 0 aliphatic carbocycles. The summed E-state index contributed by atoms with van der Waals surface area (Å²) in [6.07, 6.45) is 8.10. The summed E-state index contributed by atoms with van der Waals surface area (Å²) in [6, 6.07) is 18.5. The number of rotatable bonds is 6. The third-order valence-electron chi connectivity index (χ3n) is 6.17. The minimum absolute atomic E-state index is 0.211. The van der Waals surface area contributed by atoms with Crippen LogP contribution in [0, 0.1) is 5.41 Å². The van der Waals surface area contributed by atoms with Gasteiger partial charge in [0.05, 0.1) is 11.1 Å². The van der Waals surface area contributed by atoms with Gasteiger partial charge in [-0.1, -0.05) is 30.3 Å². The zero-order valence-corrected chi connectivity index (χ0v) is 18.4. The number of carbonyl (C=O) groups is 1. The van der Waals surface area contributed by atoms with Crippen molar-refractivity contribution in [3.8, 4) is 11.1 Å². The summed E-state index contributed by atoms with van der Waals surface area (Å²) in [7, 11) is 3.74. The Morgan fingerprint density at radius 2 is 1.81 bits per heavy atom. The highest BCUT2D eigenvalue weighted by Gasteiger charge is 2.43. The van der Waals surface area contributed by atoms with Crippen LogP contribution in [0.5, 0.6) is 0 Å². The summed E-state index contributed by atoms with van der Waals surface area (Å²) in [4.78, 5) is 26.4. The largest absolute Gasteiger partial charge is 0.348 e. The normalized spacial score (nSPS) is 19.2. The molecule has 3 heterocycles. The summed E-state index contributed by atoms with van der Waals surface area (Å²) >= 11 is 0. The number of hydrogen-bond donors (Lipinski definition) is 0. The van der Waals surface area contributed by atoms with Crippen LogP contribution in [0.2, 0.25) is 0 Å². The Bertz CT molecular complexity index is 1010. The van der Waals surface area contributed by atoms with Gasteiger partial charge in [0.1, 0.15) is 0 Å². The van der Waals surface area contributed by atoms with Gasteiger partial charge in [0.15, 0.2) is 0 Å². The molecule has 1 fully saturated rings. The molecular weight excluding hydrogens is 384 g/mol. The molecule has 1 aliphatic heterocycles. The average molecular weight is 415 g/mol. The molecular formula is C26H30N4O. The Morgan fingerprint density at radius 1 is 1.03 bits per heavy atom. The summed E-state index contributed by atoms with van der Waals surface area (Å²) < 4.78 is 0. The van der Waals surface area contributed by atoms with Crippen molar-refractivity contribution in [3.63, 3.8) is 0 Å². The summed E-state index contributed by atoms with van der Waals surface area (Å²) in [6.45, 7) is 2.51. The number of benzene rings is 1. The Labute approximate surface area is 184 Å². The van der Waals surface area contributed by atoms with E-state index < -0.39 is 5.41 Å². The molecule has 0 N–H and O–H groups in total. The van der Waals surface area contributed by atoms with Crippen LogP contribution in [-0.2, 0) is 17.8 Å². The van der Waals surface area contributed by atoms with Gasteiger partial charge in [-0.05, 0) is 66.8 Å². The molecule has 3 aromatic rings. The van der Waals surface area contributed by atoms with E-state index >= 15 is 0 Å². The van der Waals surface area contributed by atoms with E-state index in [2.05, 4.69) is 45.2 Å². The van der Waals surface area contributed by atoms with Crippen LogP contribution in [0.15, 0.2) is 73.2 Å². The minimum Gasteiger partial charge on any atom is -0.348 e. The molecule has 0 unspecified atom stereocenters. The number of pyridine rings is 2. The van der Waals surface area contributed by atoms with Crippen LogP contribution in [-0.4, -0.2) is 52.9 Å². The van der Waals surface area contributed by atoms with Crippen molar-refractivity contribution in [2.45, 2.75) is 25.8 Å². The molecule has 0 spiro atoms. The fraction of sp³-hybridized carbons (Fsp3) is 0.346. The van der Waals surface area contributed by atoms with Gasteiger partial charge in [-0.25, -0.2) is 0 Å². The van der Waals surface area contributed by atoms with Crippen LogP contribution in [0.3, 0.4) is 0 Å². The fourth-order valence-electron chi connectivity index (χ4n) is 4.80. The maximum Gasteiger partial charge on any atom is 0.229 e. The Kier molecular flexibility index (Phi) is 6.42. The number of amides is 1.